The number of rotatable bonds is 7. The fraction of sp³-hybridized carbons (Fsp3) is 0.375. The molecule has 0 radical (unpaired) electrons. The van der Waals surface area contributed by atoms with Gasteiger partial charge in [-0.25, -0.2) is 0 Å². The Morgan fingerprint density at radius 2 is 1.85 bits per heavy atom. The van der Waals surface area contributed by atoms with Crippen LogP contribution in [0.15, 0.2) is 48.5 Å². The van der Waals surface area contributed by atoms with Crippen molar-refractivity contribution >= 4 is 23.4 Å². The monoisotopic (exact) mass is 477 g/mol. The van der Waals surface area contributed by atoms with E-state index in [1.165, 1.54) is 24.3 Å². The third-order valence-corrected chi connectivity index (χ3v) is 5.38. The number of nitrogens with one attached hydrogen (secondary N) is 2. The lowest BCUT2D eigenvalue weighted by Gasteiger charge is -2.32. The predicted octanol–water partition coefficient (Wildman–Crippen LogP) is 3.71. The van der Waals surface area contributed by atoms with Crippen LogP contribution in [-0.4, -0.2) is 48.9 Å². The van der Waals surface area contributed by atoms with Gasteiger partial charge < -0.3 is 20.3 Å². The first kappa shape index (κ1) is 25.1. The molecule has 7 nitrogen and oxygen atoms in total. The van der Waals surface area contributed by atoms with Crippen molar-refractivity contribution in [2.24, 2.45) is 5.92 Å². The summed E-state index contributed by atoms with van der Waals surface area (Å²) in [6.07, 6.45) is -3.02. The zero-order chi connectivity index (χ0) is 24.7. The van der Waals surface area contributed by atoms with Gasteiger partial charge in [0.05, 0.1) is 11.5 Å². The van der Waals surface area contributed by atoms with Gasteiger partial charge in [0.1, 0.15) is 5.75 Å². The summed E-state index contributed by atoms with van der Waals surface area (Å²) in [5.41, 5.74) is -0.424. The molecule has 3 amide bonds. The Hall–Kier alpha value is -3.56. The molecular weight excluding hydrogens is 451 g/mol. The first-order valence-electron chi connectivity index (χ1n) is 10.9. The van der Waals surface area contributed by atoms with E-state index in [0.717, 1.165) is 25.0 Å². The van der Waals surface area contributed by atoms with Crippen LogP contribution in [0.25, 0.3) is 0 Å². The van der Waals surface area contributed by atoms with E-state index in [9.17, 15) is 27.6 Å². The number of anilines is 1. The van der Waals surface area contributed by atoms with Crippen molar-refractivity contribution in [1.82, 2.24) is 10.2 Å². The van der Waals surface area contributed by atoms with Crippen LogP contribution in [0, 0.1) is 5.92 Å². The summed E-state index contributed by atoms with van der Waals surface area (Å²) in [5, 5.41) is 5.16. The van der Waals surface area contributed by atoms with Gasteiger partial charge in [0, 0.05) is 30.9 Å². The van der Waals surface area contributed by atoms with Crippen LogP contribution in [0.1, 0.15) is 35.7 Å². The molecule has 2 aromatic carbocycles. The molecule has 1 aliphatic heterocycles. The highest BCUT2D eigenvalue weighted by atomic mass is 19.4. The van der Waals surface area contributed by atoms with Crippen LogP contribution in [0.2, 0.25) is 0 Å². The van der Waals surface area contributed by atoms with E-state index < -0.39 is 24.3 Å². The number of amides is 3. The molecule has 2 aromatic rings. The molecule has 0 aliphatic carbocycles. The number of carbonyl (C=O) groups excluding carboxylic acids is 3. The van der Waals surface area contributed by atoms with E-state index in [2.05, 4.69) is 10.6 Å². The van der Waals surface area contributed by atoms with E-state index in [1.807, 2.05) is 6.92 Å². The highest BCUT2D eigenvalue weighted by Gasteiger charge is 2.30. The summed E-state index contributed by atoms with van der Waals surface area (Å²) in [6.45, 7) is 2.91. The molecular formula is C24H26F3N3O4. The number of halogens is 3. The number of benzene rings is 2. The summed E-state index contributed by atoms with van der Waals surface area (Å²) >= 11 is 0. The number of ether oxygens (including phenoxy) is 1. The van der Waals surface area contributed by atoms with Crippen molar-refractivity contribution in [2.75, 3.05) is 31.6 Å². The number of hydrogen-bond donors (Lipinski definition) is 2. The number of piperidine rings is 1. The van der Waals surface area contributed by atoms with Crippen LogP contribution in [0.4, 0.5) is 18.9 Å². The second-order valence-corrected chi connectivity index (χ2v) is 7.92. The predicted molar refractivity (Wildman–Crippen MR) is 119 cm³/mol. The molecule has 1 fully saturated rings. The van der Waals surface area contributed by atoms with Gasteiger partial charge in [0.2, 0.25) is 5.91 Å². The Bertz CT molecular complexity index is 1020. The zero-order valence-corrected chi connectivity index (χ0v) is 18.7. The van der Waals surface area contributed by atoms with Crippen molar-refractivity contribution in [3.63, 3.8) is 0 Å². The van der Waals surface area contributed by atoms with Crippen LogP contribution in [0.5, 0.6) is 5.75 Å². The van der Waals surface area contributed by atoms with E-state index in [0.29, 0.717) is 30.9 Å². The molecule has 0 bridgehead atoms. The third-order valence-electron chi connectivity index (χ3n) is 5.38. The van der Waals surface area contributed by atoms with Crippen molar-refractivity contribution in [2.45, 2.75) is 25.9 Å². The van der Waals surface area contributed by atoms with Crippen LogP contribution >= 0.6 is 0 Å². The van der Waals surface area contributed by atoms with Gasteiger partial charge in [-0.1, -0.05) is 6.07 Å². The average molecular weight is 477 g/mol. The molecule has 0 aromatic heterocycles. The number of likely N-dealkylation sites (tertiary alicyclic amines) is 1. The van der Waals surface area contributed by atoms with E-state index in [1.54, 1.807) is 17.0 Å². The summed E-state index contributed by atoms with van der Waals surface area (Å²) in [4.78, 5) is 38.6. The second-order valence-electron chi connectivity index (χ2n) is 7.92. The molecule has 182 valence electrons. The van der Waals surface area contributed by atoms with Gasteiger partial charge in [-0.3, -0.25) is 14.4 Å². The Labute approximate surface area is 195 Å². The molecule has 34 heavy (non-hydrogen) atoms. The van der Waals surface area contributed by atoms with Gasteiger partial charge in [-0.05, 0) is 62.2 Å². The van der Waals surface area contributed by atoms with Crippen LogP contribution in [0.3, 0.4) is 0 Å². The lowest BCUT2D eigenvalue weighted by Crippen LogP contribution is -2.45. The van der Waals surface area contributed by atoms with E-state index >= 15 is 0 Å². The van der Waals surface area contributed by atoms with Gasteiger partial charge in [0.25, 0.3) is 11.8 Å². The van der Waals surface area contributed by atoms with Crippen LogP contribution < -0.4 is 15.4 Å². The minimum absolute atomic E-state index is 0.0109. The van der Waals surface area contributed by atoms with Crippen molar-refractivity contribution < 1.29 is 32.3 Å². The lowest BCUT2D eigenvalue weighted by molar-refractivity contribution is -0.137. The molecule has 0 saturated carbocycles. The average Bonchev–Trinajstić information content (AvgIpc) is 2.82. The quantitative estimate of drug-likeness (QED) is 0.637. The maximum Gasteiger partial charge on any atom is 0.416 e. The molecule has 1 saturated heterocycles. The Balaban J connectivity index is 1.52. The lowest BCUT2D eigenvalue weighted by atomic mass is 9.96. The molecule has 1 unspecified atom stereocenters. The number of nitrogens with zero attached hydrogens (tertiary/aromatic N) is 1. The normalized spacial score (nSPS) is 16.0. The highest BCUT2D eigenvalue weighted by Crippen LogP contribution is 2.30. The zero-order valence-electron chi connectivity index (χ0n) is 18.7. The SMILES string of the molecule is CCNC(=O)C1CCCN(C(=O)c2ccc(OCC(=O)Nc3cccc(C(F)(F)F)c3)cc2)C1. The number of hydrogen-bond acceptors (Lipinski definition) is 4. The fourth-order valence-electron chi connectivity index (χ4n) is 3.69. The van der Waals surface area contributed by atoms with Crippen LogP contribution in [-0.2, 0) is 15.8 Å². The molecule has 2 N–H and O–H groups in total. The maximum atomic E-state index is 12.8. The molecule has 1 atom stereocenters. The van der Waals surface area contributed by atoms with Crippen molar-refractivity contribution in [1.29, 1.82) is 0 Å². The largest absolute Gasteiger partial charge is 0.484 e. The van der Waals surface area contributed by atoms with E-state index in [4.69, 9.17) is 4.74 Å². The minimum atomic E-state index is -4.51. The topological polar surface area (TPSA) is 87.7 Å². The summed E-state index contributed by atoms with van der Waals surface area (Å²) in [5.74, 6) is -0.760. The van der Waals surface area contributed by atoms with Gasteiger partial charge in [-0.15, -0.1) is 0 Å². The Morgan fingerprint density at radius 1 is 1.12 bits per heavy atom. The summed E-state index contributed by atoms with van der Waals surface area (Å²) in [7, 11) is 0. The molecule has 0 spiro atoms. The molecule has 10 heteroatoms. The first-order valence-corrected chi connectivity index (χ1v) is 10.9. The maximum absolute atomic E-state index is 12.8. The molecule has 1 aliphatic rings. The molecule has 3 rings (SSSR count). The summed E-state index contributed by atoms with van der Waals surface area (Å²) < 4.78 is 43.7. The number of carbonyl (C=O) groups is 3. The van der Waals surface area contributed by atoms with Gasteiger partial charge in [0.15, 0.2) is 6.61 Å². The fourth-order valence-corrected chi connectivity index (χ4v) is 3.69. The summed E-state index contributed by atoms with van der Waals surface area (Å²) in [6, 6.07) is 10.5. The smallest absolute Gasteiger partial charge is 0.416 e. The second kappa shape index (κ2) is 11.0. The number of alkyl halides is 3. The van der Waals surface area contributed by atoms with Gasteiger partial charge in [-0.2, -0.15) is 13.2 Å². The minimum Gasteiger partial charge on any atom is -0.484 e. The van der Waals surface area contributed by atoms with E-state index in [-0.39, 0.29) is 23.4 Å². The Morgan fingerprint density at radius 3 is 2.53 bits per heavy atom. The molecule has 1 heterocycles. The third kappa shape index (κ3) is 6.72. The highest BCUT2D eigenvalue weighted by molar-refractivity contribution is 5.95. The van der Waals surface area contributed by atoms with Crippen molar-refractivity contribution in [3.05, 3.63) is 59.7 Å². The standard InChI is InChI=1S/C24H26F3N3O4/c1-2-28-22(32)17-5-4-12-30(14-17)23(33)16-8-10-20(11-9-16)34-15-21(31)29-19-7-3-6-18(13-19)24(25,26)27/h3,6-11,13,17H,2,4-5,12,14-15H2,1H3,(H,28,32)(H,29,31). The van der Waals surface area contributed by atoms with Crippen molar-refractivity contribution in [3.8, 4) is 5.75 Å². The van der Waals surface area contributed by atoms with Gasteiger partial charge >= 0.3 is 6.18 Å². The Kier molecular flexibility index (Phi) is 8.14. The first-order chi connectivity index (χ1) is 16.2.